The number of hydrogen-bond donors (Lipinski definition) is 2. The lowest BCUT2D eigenvalue weighted by molar-refractivity contribution is -0.119. The molecule has 0 aromatic heterocycles. The van der Waals surface area contributed by atoms with E-state index in [0.717, 1.165) is 0 Å². The van der Waals surface area contributed by atoms with Gasteiger partial charge in [0.2, 0.25) is 21.8 Å². The van der Waals surface area contributed by atoms with Crippen molar-refractivity contribution in [2.45, 2.75) is 18.2 Å². The first-order chi connectivity index (χ1) is 11.4. The highest BCUT2D eigenvalue weighted by molar-refractivity contribution is 7.89. The predicted molar refractivity (Wildman–Crippen MR) is 88.0 cm³/mol. The van der Waals surface area contributed by atoms with Gasteiger partial charge in [-0.3, -0.25) is 9.59 Å². The van der Waals surface area contributed by atoms with E-state index >= 15 is 0 Å². The summed E-state index contributed by atoms with van der Waals surface area (Å²) in [6, 6.07) is 6.13. The normalized spacial score (nSPS) is 15.7. The van der Waals surface area contributed by atoms with Gasteiger partial charge in [0.25, 0.3) is 0 Å². The first kappa shape index (κ1) is 18.4. The quantitative estimate of drug-likeness (QED) is 0.757. The van der Waals surface area contributed by atoms with Crippen LogP contribution in [0.2, 0.25) is 0 Å². The minimum absolute atomic E-state index is 0.111. The highest BCUT2D eigenvalue weighted by Gasteiger charge is 2.26. The van der Waals surface area contributed by atoms with Crippen molar-refractivity contribution in [2.75, 3.05) is 38.2 Å². The number of ether oxygens (including phenoxy) is 1. The molecule has 132 valence electrons. The van der Waals surface area contributed by atoms with Crippen molar-refractivity contribution < 1.29 is 22.7 Å². The van der Waals surface area contributed by atoms with Crippen molar-refractivity contribution >= 4 is 27.5 Å². The standard InChI is InChI=1S/C15H21N3O5S/c1-12(19)16-6-5-15(20)17-13-3-2-4-14(11-13)24(21,22)18-7-9-23-10-8-18/h2-4,11H,5-10H2,1H3,(H,16,19)(H,17,20). The average Bonchev–Trinajstić information content (AvgIpc) is 2.55. The van der Waals surface area contributed by atoms with Crippen molar-refractivity contribution in [3.05, 3.63) is 24.3 Å². The SMILES string of the molecule is CC(=O)NCCC(=O)Nc1cccc(S(=O)(=O)N2CCOCC2)c1. The molecule has 8 nitrogen and oxygen atoms in total. The van der Waals surface area contributed by atoms with Crippen molar-refractivity contribution in [3.63, 3.8) is 0 Å². The molecule has 0 atom stereocenters. The zero-order valence-electron chi connectivity index (χ0n) is 13.4. The Labute approximate surface area is 141 Å². The van der Waals surface area contributed by atoms with Gasteiger partial charge >= 0.3 is 0 Å². The lowest BCUT2D eigenvalue weighted by Crippen LogP contribution is -2.40. The molecule has 1 fully saturated rings. The van der Waals surface area contributed by atoms with Crippen LogP contribution in [0.25, 0.3) is 0 Å². The van der Waals surface area contributed by atoms with Gasteiger partial charge in [-0.1, -0.05) is 6.07 Å². The second-order valence-corrected chi connectivity index (χ2v) is 7.26. The van der Waals surface area contributed by atoms with Gasteiger partial charge in [0.05, 0.1) is 18.1 Å². The van der Waals surface area contributed by atoms with Crippen LogP contribution in [0.15, 0.2) is 29.2 Å². The molecule has 1 aliphatic rings. The van der Waals surface area contributed by atoms with Crippen molar-refractivity contribution in [2.24, 2.45) is 0 Å². The Hall–Kier alpha value is -1.97. The Morgan fingerprint density at radius 3 is 2.62 bits per heavy atom. The van der Waals surface area contributed by atoms with E-state index < -0.39 is 10.0 Å². The van der Waals surface area contributed by atoms with Gasteiger partial charge in [-0.15, -0.1) is 0 Å². The summed E-state index contributed by atoms with van der Waals surface area (Å²) >= 11 is 0. The third-order valence-electron chi connectivity index (χ3n) is 3.45. The minimum Gasteiger partial charge on any atom is -0.379 e. The zero-order chi connectivity index (χ0) is 17.6. The van der Waals surface area contributed by atoms with E-state index in [1.54, 1.807) is 12.1 Å². The third-order valence-corrected chi connectivity index (χ3v) is 5.35. The van der Waals surface area contributed by atoms with Gasteiger partial charge < -0.3 is 15.4 Å². The predicted octanol–water partition coefficient (Wildman–Crippen LogP) is 0.172. The second kappa shape index (κ2) is 8.22. The molecule has 2 N–H and O–H groups in total. The van der Waals surface area contributed by atoms with Crippen molar-refractivity contribution in [3.8, 4) is 0 Å². The maximum Gasteiger partial charge on any atom is 0.243 e. The molecule has 0 bridgehead atoms. The Kier molecular flexibility index (Phi) is 6.29. The molecule has 0 saturated carbocycles. The van der Waals surface area contributed by atoms with E-state index in [4.69, 9.17) is 4.74 Å². The summed E-state index contributed by atoms with van der Waals surface area (Å²) in [4.78, 5) is 22.7. The Morgan fingerprint density at radius 2 is 1.96 bits per heavy atom. The number of sulfonamides is 1. The highest BCUT2D eigenvalue weighted by atomic mass is 32.2. The van der Waals surface area contributed by atoms with Gasteiger partial charge in [0, 0.05) is 38.7 Å². The molecule has 0 radical (unpaired) electrons. The Morgan fingerprint density at radius 1 is 1.25 bits per heavy atom. The zero-order valence-corrected chi connectivity index (χ0v) is 14.3. The third kappa shape index (κ3) is 5.02. The fourth-order valence-corrected chi connectivity index (χ4v) is 3.70. The van der Waals surface area contributed by atoms with Crippen molar-refractivity contribution in [1.29, 1.82) is 0 Å². The van der Waals surface area contributed by atoms with Crippen LogP contribution in [-0.4, -0.2) is 57.4 Å². The van der Waals surface area contributed by atoms with Crippen LogP contribution < -0.4 is 10.6 Å². The van der Waals surface area contributed by atoms with E-state index in [2.05, 4.69) is 10.6 Å². The maximum absolute atomic E-state index is 12.6. The number of morpholine rings is 1. The second-order valence-electron chi connectivity index (χ2n) is 5.33. The van der Waals surface area contributed by atoms with Gasteiger partial charge in [-0.05, 0) is 18.2 Å². The molecule has 1 heterocycles. The monoisotopic (exact) mass is 355 g/mol. The molecule has 0 unspecified atom stereocenters. The molecule has 24 heavy (non-hydrogen) atoms. The maximum atomic E-state index is 12.6. The largest absolute Gasteiger partial charge is 0.379 e. The number of carbonyl (C=O) groups is 2. The first-order valence-electron chi connectivity index (χ1n) is 7.62. The van der Waals surface area contributed by atoms with Crippen LogP contribution in [-0.2, 0) is 24.3 Å². The molecule has 2 rings (SSSR count). The summed E-state index contributed by atoms with van der Waals surface area (Å²) in [7, 11) is -3.60. The topological polar surface area (TPSA) is 105 Å². The summed E-state index contributed by atoms with van der Waals surface area (Å²) in [5, 5.41) is 5.16. The smallest absolute Gasteiger partial charge is 0.243 e. The molecule has 1 aromatic carbocycles. The lowest BCUT2D eigenvalue weighted by Gasteiger charge is -2.26. The fraction of sp³-hybridized carbons (Fsp3) is 0.467. The van der Waals surface area contributed by atoms with Crippen molar-refractivity contribution in [1.82, 2.24) is 9.62 Å². The van der Waals surface area contributed by atoms with Crippen LogP contribution in [0.5, 0.6) is 0 Å². The number of rotatable bonds is 6. The highest BCUT2D eigenvalue weighted by Crippen LogP contribution is 2.20. The number of hydrogen-bond acceptors (Lipinski definition) is 5. The van der Waals surface area contributed by atoms with E-state index in [0.29, 0.717) is 32.0 Å². The average molecular weight is 355 g/mol. The van der Waals surface area contributed by atoms with Crippen LogP contribution >= 0.6 is 0 Å². The molecule has 0 spiro atoms. The molecular weight excluding hydrogens is 334 g/mol. The molecule has 0 aliphatic carbocycles. The van der Waals surface area contributed by atoms with E-state index in [9.17, 15) is 18.0 Å². The number of benzene rings is 1. The summed E-state index contributed by atoms with van der Waals surface area (Å²) in [6.45, 7) is 2.98. The number of amides is 2. The van der Waals surface area contributed by atoms with Crippen LogP contribution in [0, 0.1) is 0 Å². The number of carbonyl (C=O) groups excluding carboxylic acids is 2. The van der Waals surface area contributed by atoms with Gasteiger partial charge in [0.1, 0.15) is 0 Å². The van der Waals surface area contributed by atoms with E-state index in [1.165, 1.54) is 23.4 Å². The molecule has 1 aromatic rings. The van der Waals surface area contributed by atoms with Crippen LogP contribution in [0.3, 0.4) is 0 Å². The van der Waals surface area contributed by atoms with Gasteiger partial charge in [-0.2, -0.15) is 4.31 Å². The summed E-state index contributed by atoms with van der Waals surface area (Å²) in [5.74, 6) is -0.508. The molecule has 2 amide bonds. The Balaban J connectivity index is 2.02. The van der Waals surface area contributed by atoms with E-state index in [1.807, 2.05) is 0 Å². The Bertz CT molecular complexity index is 699. The first-order valence-corrected chi connectivity index (χ1v) is 9.06. The summed E-state index contributed by atoms with van der Waals surface area (Å²) in [6.07, 6.45) is 0.111. The lowest BCUT2D eigenvalue weighted by atomic mass is 10.3. The number of nitrogens with zero attached hydrogens (tertiary/aromatic N) is 1. The van der Waals surface area contributed by atoms with Gasteiger partial charge in [0.15, 0.2) is 0 Å². The number of nitrogens with one attached hydrogen (secondary N) is 2. The molecule has 1 aliphatic heterocycles. The van der Waals surface area contributed by atoms with Gasteiger partial charge in [-0.25, -0.2) is 8.42 Å². The summed E-state index contributed by atoms with van der Waals surface area (Å²) in [5.41, 5.74) is 0.400. The molecule has 1 saturated heterocycles. The molecule has 9 heteroatoms. The summed E-state index contributed by atoms with van der Waals surface area (Å²) < 4.78 is 31.7. The minimum atomic E-state index is -3.60. The van der Waals surface area contributed by atoms with E-state index in [-0.39, 0.29) is 29.7 Å². The van der Waals surface area contributed by atoms with Crippen LogP contribution in [0.1, 0.15) is 13.3 Å². The van der Waals surface area contributed by atoms with Crippen LogP contribution in [0.4, 0.5) is 5.69 Å². The fourth-order valence-electron chi connectivity index (χ4n) is 2.25. The number of anilines is 1. The molecular formula is C15H21N3O5S.